The Morgan fingerprint density at radius 1 is 1.39 bits per heavy atom. The average Bonchev–Trinajstić information content (AvgIpc) is 2.39. The smallest absolute Gasteiger partial charge is 0.315 e. The Labute approximate surface area is 109 Å². The number of hydrogen-bond donors (Lipinski definition) is 0. The summed E-state index contributed by atoms with van der Waals surface area (Å²) in [4.78, 5) is 12.1. The molecule has 0 aromatic heterocycles. The molecular formula is C16H20O2. The fourth-order valence-electron chi connectivity index (χ4n) is 1.96. The van der Waals surface area contributed by atoms with Gasteiger partial charge in [-0.2, -0.15) is 0 Å². The van der Waals surface area contributed by atoms with Gasteiger partial charge in [0.15, 0.2) is 0 Å². The first-order chi connectivity index (χ1) is 8.54. The zero-order valence-electron chi connectivity index (χ0n) is 11.3. The van der Waals surface area contributed by atoms with Crippen molar-refractivity contribution in [3.63, 3.8) is 0 Å². The Bertz CT molecular complexity index is 445. The van der Waals surface area contributed by atoms with Crippen LogP contribution in [-0.4, -0.2) is 13.1 Å². The standard InChI is InChI=1S/C16H20O2/c1-5-9-13(2)16(3,15(17)18-4)12-14-10-7-6-8-11-14/h5-11H,1,12H2,2-4H3/b13-9+. The Hall–Kier alpha value is -1.83. The largest absolute Gasteiger partial charge is 0.468 e. The highest BCUT2D eigenvalue weighted by molar-refractivity contribution is 5.80. The third-order valence-electron chi connectivity index (χ3n) is 3.27. The molecular weight excluding hydrogens is 224 g/mol. The van der Waals surface area contributed by atoms with E-state index in [-0.39, 0.29) is 5.97 Å². The van der Waals surface area contributed by atoms with E-state index >= 15 is 0 Å². The minimum absolute atomic E-state index is 0.220. The number of ether oxygens (including phenoxy) is 1. The van der Waals surface area contributed by atoms with Crippen LogP contribution in [0.3, 0.4) is 0 Å². The topological polar surface area (TPSA) is 26.3 Å². The lowest BCUT2D eigenvalue weighted by Crippen LogP contribution is -2.32. The van der Waals surface area contributed by atoms with E-state index in [0.717, 1.165) is 11.1 Å². The first-order valence-electron chi connectivity index (χ1n) is 5.96. The number of methoxy groups -OCH3 is 1. The maximum absolute atomic E-state index is 12.1. The fourth-order valence-corrected chi connectivity index (χ4v) is 1.96. The summed E-state index contributed by atoms with van der Waals surface area (Å²) in [6, 6.07) is 9.94. The van der Waals surface area contributed by atoms with Crippen molar-refractivity contribution in [3.8, 4) is 0 Å². The summed E-state index contributed by atoms with van der Waals surface area (Å²) in [6.07, 6.45) is 4.18. The maximum Gasteiger partial charge on any atom is 0.315 e. The van der Waals surface area contributed by atoms with Crippen molar-refractivity contribution in [2.75, 3.05) is 7.11 Å². The summed E-state index contributed by atoms with van der Waals surface area (Å²) in [5, 5.41) is 0. The molecule has 1 unspecified atom stereocenters. The van der Waals surface area contributed by atoms with E-state index in [4.69, 9.17) is 4.74 Å². The highest BCUT2D eigenvalue weighted by Gasteiger charge is 2.36. The van der Waals surface area contributed by atoms with Crippen molar-refractivity contribution in [2.24, 2.45) is 5.41 Å². The van der Waals surface area contributed by atoms with Crippen LogP contribution in [0.5, 0.6) is 0 Å². The lowest BCUT2D eigenvalue weighted by molar-refractivity contribution is -0.149. The summed E-state index contributed by atoms with van der Waals surface area (Å²) in [5.41, 5.74) is 1.42. The number of esters is 1. The molecule has 0 spiro atoms. The first-order valence-corrected chi connectivity index (χ1v) is 5.96. The summed E-state index contributed by atoms with van der Waals surface area (Å²) in [7, 11) is 1.42. The van der Waals surface area contributed by atoms with E-state index in [0.29, 0.717) is 6.42 Å². The van der Waals surface area contributed by atoms with E-state index in [1.165, 1.54) is 7.11 Å². The minimum Gasteiger partial charge on any atom is -0.468 e. The second-order valence-electron chi connectivity index (χ2n) is 4.57. The van der Waals surface area contributed by atoms with Gasteiger partial charge in [-0.05, 0) is 25.8 Å². The van der Waals surface area contributed by atoms with Gasteiger partial charge in [0.25, 0.3) is 0 Å². The molecule has 1 rings (SSSR count). The van der Waals surface area contributed by atoms with Gasteiger partial charge in [0.2, 0.25) is 0 Å². The maximum atomic E-state index is 12.1. The van der Waals surface area contributed by atoms with Gasteiger partial charge in [-0.15, -0.1) is 0 Å². The molecule has 96 valence electrons. The highest BCUT2D eigenvalue weighted by atomic mass is 16.5. The van der Waals surface area contributed by atoms with Crippen molar-refractivity contribution in [1.29, 1.82) is 0 Å². The number of carbonyl (C=O) groups excluding carboxylic acids is 1. The molecule has 0 heterocycles. The van der Waals surface area contributed by atoms with Crippen LogP contribution >= 0.6 is 0 Å². The van der Waals surface area contributed by atoms with Crippen LogP contribution in [-0.2, 0) is 16.0 Å². The molecule has 18 heavy (non-hydrogen) atoms. The molecule has 2 nitrogen and oxygen atoms in total. The summed E-state index contributed by atoms with van der Waals surface area (Å²) < 4.78 is 4.94. The Morgan fingerprint density at radius 3 is 2.50 bits per heavy atom. The minimum atomic E-state index is -0.649. The van der Waals surface area contributed by atoms with Crippen molar-refractivity contribution in [3.05, 3.63) is 60.2 Å². The molecule has 0 fully saturated rings. The van der Waals surface area contributed by atoms with Crippen LogP contribution in [0.4, 0.5) is 0 Å². The zero-order chi connectivity index (χ0) is 13.6. The predicted molar refractivity (Wildman–Crippen MR) is 74.2 cm³/mol. The fraction of sp³-hybridized carbons (Fsp3) is 0.312. The van der Waals surface area contributed by atoms with Gasteiger partial charge in [-0.1, -0.05) is 54.6 Å². The summed E-state index contributed by atoms with van der Waals surface area (Å²) in [6.45, 7) is 7.51. The van der Waals surface area contributed by atoms with Gasteiger partial charge in [-0.3, -0.25) is 4.79 Å². The van der Waals surface area contributed by atoms with E-state index in [9.17, 15) is 4.79 Å². The molecule has 0 bridgehead atoms. The third kappa shape index (κ3) is 3.10. The predicted octanol–water partition coefficient (Wildman–Crippen LogP) is 3.54. The molecule has 1 aromatic carbocycles. The Kier molecular flexibility index (Phi) is 4.90. The van der Waals surface area contributed by atoms with Gasteiger partial charge in [0, 0.05) is 0 Å². The molecule has 2 heteroatoms. The highest BCUT2D eigenvalue weighted by Crippen LogP contribution is 2.32. The van der Waals surface area contributed by atoms with Crippen molar-refractivity contribution in [1.82, 2.24) is 0 Å². The van der Waals surface area contributed by atoms with E-state index in [1.807, 2.05) is 50.3 Å². The Morgan fingerprint density at radius 2 is 2.00 bits per heavy atom. The lowest BCUT2D eigenvalue weighted by atomic mass is 9.77. The molecule has 0 aliphatic heterocycles. The second kappa shape index (κ2) is 6.20. The van der Waals surface area contributed by atoms with E-state index in [2.05, 4.69) is 6.58 Å². The zero-order valence-corrected chi connectivity index (χ0v) is 11.3. The van der Waals surface area contributed by atoms with Crippen LogP contribution in [0.1, 0.15) is 19.4 Å². The van der Waals surface area contributed by atoms with Gasteiger partial charge in [0.05, 0.1) is 12.5 Å². The SMILES string of the molecule is C=C/C=C(\C)C(C)(Cc1ccccc1)C(=O)OC. The molecule has 0 aliphatic rings. The van der Waals surface area contributed by atoms with Crippen LogP contribution in [0.15, 0.2) is 54.6 Å². The molecule has 1 aromatic rings. The van der Waals surface area contributed by atoms with E-state index in [1.54, 1.807) is 6.08 Å². The summed E-state index contributed by atoms with van der Waals surface area (Å²) >= 11 is 0. The van der Waals surface area contributed by atoms with Crippen LogP contribution in [0.2, 0.25) is 0 Å². The lowest BCUT2D eigenvalue weighted by Gasteiger charge is -2.27. The van der Waals surface area contributed by atoms with Crippen molar-refractivity contribution >= 4 is 5.97 Å². The van der Waals surface area contributed by atoms with Gasteiger partial charge in [0.1, 0.15) is 0 Å². The average molecular weight is 244 g/mol. The van der Waals surface area contributed by atoms with E-state index < -0.39 is 5.41 Å². The van der Waals surface area contributed by atoms with Gasteiger partial charge >= 0.3 is 5.97 Å². The normalized spacial score (nSPS) is 14.7. The molecule has 0 aliphatic carbocycles. The molecule has 1 atom stereocenters. The quantitative estimate of drug-likeness (QED) is 0.585. The molecule has 0 radical (unpaired) electrons. The summed E-state index contributed by atoms with van der Waals surface area (Å²) in [5.74, 6) is -0.220. The molecule has 0 saturated heterocycles. The number of allylic oxidation sites excluding steroid dienone is 2. The number of carbonyl (C=O) groups is 1. The first kappa shape index (κ1) is 14.2. The number of benzene rings is 1. The number of rotatable bonds is 5. The van der Waals surface area contributed by atoms with Crippen molar-refractivity contribution in [2.45, 2.75) is 20.3 Å². The Balaban J connectivity index is 3.10. The van der Waals surface area contributed by atoms with Gasteiger partial charge in [-0.25, -0.2) is 0 Å². The number of hydrogen-bond acceptors (Lipinski definition) is 2. The third-order valence-corrected chi connectivity index (χ3v) is 3.27. The van der Waals surface area contributed by atoms with Crippen molar-refractivity contribution < 1.29 is 9.53 Å². The molecule has 0 N–H and O–H groups in total. The van der Waals surface area contributed by atoms with Crippen LogP contribution in [0, 0.1) is 5.41 Å². The monoisotopic (exact) mass is 244 g/mol. The van der Waals surface area contributed by atoms with Gasteiger partial charge < -0.3 is 4.74 Å². The van der Waals surface area contributed by atoms with Crippen LogP contribution in [0.25, 0.3) is 0 Å². The second-order valence-corrected chi connectivity index (χ2v) is 4.57. The molecule has 0 amide bonds. The van der Waals surface area contributed by atoms with Crippen LogP contribution < -0.4 is 0 Å². The molecule has 0 saturated carbocycles.